The number of methoxy groups -OCH3 is 2. The summed E-state index contributed by atoms with van der Waals surface area (Å²) >= 11 is 0. The number of benzene rings is 1. The Morgan fingerprint density at radius 2 is 1.85 bits per heavy atom. The van der Waals surface area contributed by atoms with E-state index in [0.717, 1.165) is 78.8 Å². The van der Waals surface area contributed by atoms with Crippen molar-refractivity contribution in [2.45, 2.75) is 46.1 Å². The number of hydrogen-bond acceptors (Lipinski definition) is 5. The van der Waals surface area contributed by atoms with E-state index in [1.807, 2.05) is 30.7 Å². The zero-order valence-electron chi connectivity index (χ0n) is 20.2. The molecule has 0 unspecified atom stereocenters. The Hall–Kier alpha value is -2.50. The van der Waals surface area contributed by atoms with E-state index < -0.39 is 0 Å². The van der Waals surface area contributed by atoms with Gasteiger partial charge in [0.2, 0.25) is 0 Å². The van der Waals surface area contributed by atoms with E-state index in [1.165, 1.54) is 5.69 Å². The molecule has 9 nitrogen and oxygen atoms in total. The quantitative estimate of drug-likeness (QED) is 0.141. The van der Waals surface area contributed by atoms with E-state index >= 15 is 0 Å². The lowest BCUT2D eigenvalue weighted by molar-refractivity contribution is 0.398. The Morgan fingerprint density at radius 1 is 1.09 bits per heavy atom. The summed E-state index contributed by atoms with van der Waals surface area (Å²) in [6.45, 7) is 6.31. The smallest absolute Gasteiger partial charge is 0.191 e. The van der Waals surface area contributed by atoms with E-state index in [4.69, 9.17) is 14.5 Å². The number of aryl methyl sites for hydroxylation is 2. The maximum absolute atomic E-state index is 5.51. The fourth-order valence-electron chi connectivity index (χ4n) is 3.44. The summed E-state index contributed by atoms with van der Waals surface area (Å²) in [6, 6.07) is 6.06. The first-order valence-electron chi connectivity index (χ1n) is 11.2. The van der Waals surface area contributed by atoms with Crippen LogP contribution in [0.2, 0.25) is 0 Å². The van der Waals surface area contributed by atoms with Crippen molar-refractivity contribution in [3.63, 3.8) is 0 Å². The lowest BCUT2D eigenvalue weighted by atomic mass is 10.2. The van der Waals surface area contributed by atoms with Crippen LogP contribution in [-0.4, -0.2) is 53.0 Å². The number of nitrogens with zero attached hydrogens (tertiary/aromatic N) is 4. The standard InChI is InChI=1S/C23H35N7O2.HI/c1-6-7-10-24-23(26-15-22-29-28-16(2)30(22)3)25-11-8-9-17-12-19-20(27-17)13-18(31-4)14-21(19)32-5;/h12-14,27H,6-11,15H2,1-5H3,(H2,24,25,26);1H. The van der Waals surface area contributed by atoms with Crippen molar-refractivity contribution in [1.82, 2.24) is 30.4 Å². The van der Waals surface area contributed by atoms with E-state index in [-0.39, 0.29) is 24.0 Å². The fraction of sp³-hybridized carbons (Fsp3) is 0.522. The van der Waals surface area contributed by atoms with Crippen LogP contribution < -0.4 is 20.1 Å². The van der Waals surface area contributed by atoms with Gasteiger partial charge >= 0.3 is 0 Å². The third-order valence-electron chi connectivity index (χ3n) is 5.48. The van der Waals surface area contributed by atoms with E-state index in [1.54, 1.807) is 14.2 Å². The van der Waals surface area contributed by atoms with Gasteiger partial charge in [0.15, 0.2) is 11.8 Å². The molecule has 0 aliphatic heterocycles. The summed E-state index contributed by atoms with van der Waals surface area (Å²) in [5, 5.41) is 16.2. The zero-order chi connectivity index (χ0) is 22.9. The van der Waals surface area contributed by atoms with Crippen LogP contribution in [0.25, 0.3) is 10.9 Å². The summed E-state index contributed by atoms with van der Waals surface area (Å²) in [5.74, 6) is 4.13. The van der Waals surface area contributed by atoms with Crippen LogP contribution in [0.15, 0.2) is 23.2 Å². The van der Waals surface area contributed by atoms with Crippen LogP contribution in [0.1, 0.15) is 43.5 Å². The molecule has 10 heteroatoms. The van der Waals surface area contributed by atoms with Crippen LogP contribution in [-0.2, 0) is 20.0 Å². The second-order valence-corrected chi connectivity index (χ2v) is 7.78. The molecule has 0 aliphatic carbocycles. The average Bonchev–Trinajstić information content (AvgIpc) is 3.36. The van der Waals surface area contributed by atoms with Crippen molar-refractivity contribution in [2.75, 3.05) is 27.3 Å². The number of halogens is 1. The number of unbranched alkanes of at least 4 members (excludes halogenated alkanes) is 1. The van der Waals surface area contributed by atoms with Crippen LogP contribution in [0.3, 0.4) is 0 Å². The number of hydrogen-bond donors (Lipinski definition) is 3. The zero-order valence-corrected chi connectivity index (χ0v) is 22.5. The molecule has 1 aromatic carbocycles. The highest BCUT2D eigenvalue weighted by molar-refractivity contribution is 14.0. The molecule has 0 amide bonds. The van der Waals surface area contributed by atoms with Crippen LogP contribution in [0.4, 0.5) is 0 Å². The molecule has 0 saturated carbocycles. The summed E-state index contributed by atoms with van der Waals surface area (Å²) in [6.07, 6.45) is 4.11. The van der Waals surface area contributed by atoms with Gasteiger partial charge in [-0.25, -0.2) is 4.99 Å². The number of guanidine groups is 1. The first-order valence-corrected chi connectivity index (χ1v) is 11.2. The average molecular weight is 569 g/mol. The van der Waals surface area contributed by atoms with Gasteiger partial charge in [-0.2, -0.15) is 0 Å². The van der Waals surface area contributed by atoms with Crippen molar-refractivity contribution in [2.24, 2.45) is 12.0 Å². The SMILES string of the molecule is CCCCNC(=NCc1nnc(C)n1C)NCCCc1cc2c(OC)cc(OC)cc2[nH]1.I. The number of aliphatic imine (C=N–C) groups is 1. The fourth-order valence-corrected chi connectivity index (χ4v) is 3.44. The van der Waals surface area contributed by atoms with Crippen molar-refractivity contribution in [3.8, 4) is 11.5 Å². The molecular formula is C23H36IN7O2. The minimum absolute atomic E-state index is 0. The third-order valence-corrected chi connectivity index (χ3v) is 5.48. The number of nitrogens with one attached hydrogen (secondary N) is 3. The van der Waals surface area contributed by atoms with Crippen LogP contribution in [0, 0.1) is 6.92 Å². The molecule has 0 saturated heterocycles. The first-order chi connectivity index (χ1) is 15.5. The third kappa shape index (κ3) is 7.24. The lowest BCUT2D eigenvalue weighted by Gasteiger charge is -2.12. The maximum Gasteiger partial charge on any atom is 0.191 e. The van der Waals surface area contributed by atoms with Crippen LogP contribution in [0.5, 0.6) is 11.5 Å². The highest BCUT2D eigenvalue weighted by Crippen LogP contribution is 2.31. The first kappa shape index (κ1) is 26.7. The molecule has 2 aromatic heterocycles. The Bertz CT molecular complexity index is 1050. The highest BCUT2D eigenvalue weighted by atomic mass is 127. The summed E-state index contributed by atoms with van der Waals surface area (Å²) in [5.41, 5.74) is 2.19. The molecule has 0 fully saturated rings. The number of ether oxygens (including phenoxy) is 2. The van der Waals surface area contributed by atoms with Crippen molar-refractivity contribution >= 4 is 40.8 Å². The second-order valence-electron chi connectivity index (χ2n) is 7.78. The summed E-state index contributed by atoms with van der Waals surface area (Å²) < 4.78 is 12.8. The lowest BCUT2D eigenvalue weighted by Crippen LogP contribution is -2.38. The molecule has 0 bridgehead atoms. The highest BCUT2D eigenvalue weighted by Gasteiger charge is 2.09. The largest absolute Gasteiger partial charge is 0.497 e. The number of aromatic amines is 1. The van der Waals surface area contributed by atoms with E-state index in [0.29, 0.717) is 6.54 Å². The second kappa shape index (κ2) is 13.3. The van der Waals surface area contributed by atoms with E-state index in [2.05, 4.69) is 38.8 Å². The van der Waals surface area contributed by atoms with Crippen molar-refractivity contribution in [3.05, 3.63) is 35.5 Å². The molecule has 3 rings (SSSR count). The number of aromatic nitrogens is 4. The van der Waals surface area contributed by atoms with Crippen molar-refractivity contribution < 1.29 is 9.47 Å². The summed E-state index contributed by atoms with van der Waals surface area (Å²) in [7, 11) is 5.30. The molecule has 0 radical (unpaired) electrons. The molecular weight excluding hydrogens is 533 g/mol. The molecule has 0 aliphatic rings. The molecule has 3 N–H and O–H groups in total. The van der Waals surface area contributed by atoms with Gasteiger partial charge in [0, 0.05) is 43.4 Å². The van der Waals surface area contributed by atoms with Gasteiger partial charge in [-0.05, 0) is 32.3 Å². The molecule has 33 heavy (non-hydrogen) atoms. The monoisotopic (exact) mass is 569 g/mol. The van der Waals surface area contributed by atoms with Gasteiger partial charge < -0.3 is 29.7 Å². The Balaban J connectivity index is 0.00000385. The van der Waals surface area contributed by atoms with E-state index in [9.17, 15) is 0 Å². The van der Waals surface area contributed by atoms with Gasteiger partial charge in [-0.3, -0.25) is 0 Å². The normalized spacial score (nSPS) is 11.4. The van der Waals surface area contributed by atoms with Gasteiger partial charge in [0.1, 0.15) is 23.9 Å². The van der Waals surface area contributed by atoms with Gasteiger partial charge in [0.05, 0.1) is 19.7 Å². The minimum Gasteiger partial charge on any atom is -0.497 e. The van der Waals surface area contributed by atoms with Gasteiger partial charge in [0.25, 0.3) is 0 Å². The molecule has 3 aromatic rings. The maximum atomic E-state index is 5.51. The number of H-pyrrole nitrogens is 1. The predicted octanol–water partition coefficient (Wildman–Crippen LogP) is 3.71. The van der Waals surface area contributed by atoms with Gasteiger partial charge in [-0.15, -0.1) is 34.2 Å². The Morgan fingerprint density at radius 3 is 2.48 bits per heavy atom. The molecule has 182 valence electrons. The molecule has 0 atom stereocenters. The number of rotatable bonds is 11. The Kier molecular flexibility index (Phi) is 10.8. The topological polar surface area (TPSA) is 101 Å². The number of fused-ring (bicyclic) bond motifs is 1. The predicted molar refractivity (Wildman–Crippen MR) is 143 cm³/mol. The van der Waals surface area contributed by atoms with Crippen molar-refractivity contribution in [1.29, 1.82) is 0 Å². The van der Waals surface area contributed by atoms with Crippen LogP contribution >= 0.6 is 24.0 Å². The minimum atomic E-state index is 0. The molecule has 2 heterocycles. The van der Waals surface area contributed by atoms with Gasteiger partial charge in [-0.1, -0.05) is 13.3 Å². The summed E-state index contributed by atoms with van der Waals surface area (Å²) in [4.78, 5) is 8.17. The Labute approximate surface area is 212 Å². The molecule has 0 spiro atoms.